The van der Waals surface area contributed by atoms with Crippen LogP contribution in [0.2, 0.25) is 0 Å². The summed E-state index contributed by atoms with van der Waals surface area (Å²) in [5.41, 5.74) is 29.8. The molecule has 0 fully saturated rings. The van der Waals surface area contributed by atoms with Gasteiger partial charge in [0, 0.05) is 111 Å². The Hall–Kier alpha value is -17.3. The van der Waals surface area contributed by atoms with Crippen molar-refractivity contribution in [2.45, 2.75) is 0 Å². The SMILES string of the molecule is c1ccc(-c2nc(-c3ccc(-c4ccc5cc(-c6ccc7ccc(-c8ccccn8)nc7c6)ccc5n4)cc3)cc(-c3ccc(-n4c5ccccc5c5ccccc54)cc3)n2)cc1.c1ccc(-c2nc(-c3ccc(-c4ccc5cc(-c6ccc7ccc(-c8ccccn8)nc7c6)ccc5n4)cc3)nc(-c3ccc(-n4c5ccccc5c5ccccc54)cc3)n2)cc1. The van der Waals surface area contributed by atoms with Gasteiger partial charge < -0.3 is 9.13 Å². The van der Waals surface area contributed by atoms with Crippen molar-refractivity contribution in [3.8, 4) is 147 Å². The molecule has 0 aliphatic heterocycles. The van der Waals surface area contributed by atoms with Gasteiger partial charge in [-0.25, -0.2) is 44.9 Å². The highest BCUT2D eigenvalue weighted by atomic mass is 15.0. The molecule has 10 heterocycles. The van der Waals surface area contributed by atoms with Gasteiger partial charge in [-0.15, -0.1) is 0 Å². The number of hydrogen-bond donors (Lipinski definition) is 0. The van der Waals surface area contributed by atoms with E-state index in [4.69, 9.17) is 44.9 Å². The van der Waals surface area contributed by atoms with Crippen LogP contribution < -0.4 is 0 Å². The Bertz CT molecular complexity index is 7700. The van der Waals surface area contributed by atoms with Crippen LogP contribution in [-0.4, -0.2) is 64.0 Å². The van der Waals surface area contributed by atoms with Gasteiger partial charge in [-0.05, 0) is 174 Å². The molecule has 0 bridgehead atoms. The first kappa shape index (κ1) is 73.8. The molecule has 0 unspecified atom stereocenters. The molecule has 0 atom stereocenters. The van der Waals surface area contributed by atoms with Crippen molar-refractivity contribution in [2.24, 2.45) is 0 Å². The third-order valence-electron chi connectivity index (χ3n) is 23.6. The topological polar surface area (TPSA) is 152 Å². The Morgan fingerprint density at radius 1 is 0.151 bits per heavy atom. The van der Waals surface area contributed by atoms with Gasteiger partial charge in [0.05, 0.1) is 89.7 Å². The van der Waals surface area contributed by atoms with Gasteiger partial charge in [0.1, 0.15) is 0 Å². The average Bonchev–Trinajstić information content (AvgIpc) is 1.58. The first-order chi connectivity index (χ1) is 62.4. The van der Waals surface area contributed by atoms with E-state index in [9.17, 15) is 0 Å². The molecule has 126 heavy (non-hydrogen) atoms. The molecule has 0 aliphatic carbocycles. The number of para-hydroxylation sites is 4. The summed E-state index contributed by atoms with van der Waals surface area (Å²) in [6.45, 7) is 0. The molecule has 0 saturated carbocycles. The number of nitrogens with zero attached hydrogens (tertiary/aromatic N) is 13. The van der Waals surface area contributed by atoms with E-state index in [2.05, 4.69) is 341 Å². The molecule has 14 aromatic carbocycles. The molecule has 10 aromatic heterocycles. The highest BCUT2D eigenvalue weighted by Gasteiger charge is 2.20. The highest BCUT2D eigenvalue weighted by molar-refractivity contribution is 6.10. The van der Waals surface area contributed by atoms with Crippen LogP contribution in [0, 0.1) is 0 Å². The Balaban J connectivity index is 0.000000145. The molecule has 13 nitrogen and oxygen atoms in total. The average molecular weight is 1610 g/mol. The lowest BCUT2D eigenvalue weighted by atomic mass is 10.0. The summed E-state index contributed by atoms with van der Waals surface area (Å²) in [5, 5.41) is 9.28. The van der Waals surface area contributed by atoms with Crippen LogP contribution in [0.25, 0.3) is 234 Å². The van der Waals surface area contributed by atoms with E-state index < -0.39 is 0 Å². The molecule has 0 spiro atoms. The lowest BCUT2D eigenvalue weighted by molar-refractivity contribution is 1.07. The fourth-order valence-electron chi connectivity index (χ4n) is 17.2. The van der Waals surface area contributed by atoms with Crippen molar-refractivity contribution in [2.75, 3.05) is 0 Å². The first-order valence-electron chi connectivity index (χ1n) is 42.0. The molecule has 588 valence electrons. The van der Waals surface area contributed by atoms with Crippen molar-refractivity contribution < 1.29 is 0 Å². The van der Waals surface area contributed by atoms with E-state index in [0.717, 1.165) is 167 Å². The molecule has 0 aliphatic rings. The van der Waals surface area contributed by atoms with Gasteiger partial charge in [-0.1, -0.05) is 267 Å². The summed E-state index contributed by atoms with van der Waals surface area (Å²) in [6.07, 6.45) is 3.59. The number of benzene rings is 14. The molecule has 0 amide bonds. The van der Waals surface area contributed by atoms with Crippen molar-refractivity contribution in [3.63, 3.8) is 0 Å². The summed E-state index contributed by atoms with van der Waals surface area (Å²) < 4.78 is 4.65. The second kappa shape index (κ2) is 31.7. The van der Waals surface area contributed by atoms with Crippen LogP contribution in [-0.2, 0) is 0 Å². The first-order valence-corrected chi connectivity index (χ1v) is 42.0. The predicted octanol–water partition coefficient (Wildman–Crippen LogP) is 27.5. The van der Waals surface area contributed by atoms with E-state index >= 15 is 0 Å². The Labute approximate surface area is 724 Å². The Kier molecular flexibility index (Phi) is 18.6. The van der Waals surface area contributed by atoms with Gasteiger partial charge in [-0.2, -0.15) is 0 Å². The van der Waals surface area contributed by atoms with E-state index in [1.165, 1.54) is 43.6 Å². The summed E-state index contributed by atoms with van der Waals surface area (Å²) >= 11 is 0. The monoisotopic (exact) mass is 1610 g/mol. The molecule has 13 heteroatoms. The smallest absolute Gasteiger partial charge is 0.164 e. The van der Waals surface area contributed by atoms with Gasteiger partial charge in [0.15, 0.2) is 23.3 Å². The number of hydrogen-bond acceptors (Lipinski definition) is 11. The van der Waals surface area contributed by atoms with Gasteiger partial charge in [-0.3, -0.25) is 9.97 Å². The Morgan fingerprint density at radius 3 is 0.833 bits per heavy atom. The molecular weight excluding hydrogens is 1540 g/mol. The van der Waals surface area contributed by atoms with Crippen molar-refractivity contribution in [1.29, 1.82) is 0 Å². The molecule has 24 aromatic rings. The maximum atomic E-state index is 5.11. The van der Waals surface area contributed by atoms with Gasteiger partial charge in [0.25, 0.3) is 0 Å². The lowest BCUT2D eigenvalue weighted by Crippen LogP contribution is -2.00. The normalized spacial score (nSPS) is 11.5. The standard InChI is InChI=1S/C57H36N6.C56H35N7/c1-2-10-41(11-3-1)57-61-53(36-54(62-57)40-23-28-45(29-24-40)63-55-15-6-4-12-46(55)47-13-5-7-16-56(47)63)38-19-17-37(18-20-38)48-31-27-44-34-42(26-30-49(44)59-48)43-22-21-39-25-32-51(60-52(39)35-43)50-14-8-9-33-58-50;1-2-10-38(11-3-1)54-60-55(62-56(61-54)40-23-28-44(29-24-40)63-52-15-6-4-12-45(52)46-13-5-7-16-53(46)63)39-20-17-36(18-21-39)47-31-27-43-34-41(26-30-48(43)58-47)42-22-19-37-25-32-50(59-51(37)35-42)49-14-8-9-33-57-49/h1-36H;1-35H. The largest absolute Gasteiger partial charge is 0.309 e. The minimum atomic E-state index is 0.604. The molecule has 0 saturated heterocycles. The van der Waals surface area contributed by atoms with E-state index in [-0.39, 0.29) is 0 Å². The third kappa shape index (κ3) is 14.1. The highest BCUT2D eigenvalue weighted by Crippen LogP contribution is 2.40. The number of fused-ring (bicyclic) bond motifs is 10. The van der Waals surface area contributed by atoms with Crippen LogP contribution in [0.3, 0.4) is 0 Å². The van der Waals surface area contributed by atoms with Crippen LogP contribution in [0.4, 0.5) is 0 Å². The summed E-state index contributed by atoms with van der Waals surface area (Å²) in [4.78, 5) is 54.3. The molecule has 0 radical (unpaired) electrons. The minimum Gasteiger partial charge on any atom is -0.309 e. The van der Waals surface area contributed by atoms with Crippen LogP contribution in [0.15, 0.2) is 431 Å². The molecule has 24 rings (SSSR count). The van der Waals surface area contributed by atoms with Crippen molar-refractivity contribution in [1.82, 2.24) is 64.0 Å². The number of rotatable bonds is 14. The van der Waals surface area contributed by atoms with Crippen LogP contribution in [0.5, 0.6) is 0 Å². The van der Waals surface area contributed by atoms with E-state index in [1.807, 2.05) is 97.1 Å². The summed E-state index contributed by atoms with van der Waals surface area (Å²) in [5.74, 6) is 2.52. The van der Waals surface area contributed by atoms with Gasteiger partial charge in [0.2, 0.25) is 0 Å². The van der Waals surface area contributed by atoms with Crippen molar-refractivity contribution in [3.05, 3.63) is 431 Å². The maximum absolute atomic E-state index is 5.11. The Morgan fingerprint density at radius 2 is 0.437 bits per heavy atom. The summed E-state index contributed by atoms with van der Waals surface area (Å²) in [7, 11) is 0. The number of aromatic nitrogens is 13. The second-order valence-corrected chi connectivity index (χ2v) is 31.3. The minimum absolute atomic E-state index is 0.604. The quantitative estimate of drug-likeness (QED) is 0.102. The van der Waals surface area contributed by atoms with E-state index in [0.29, 0.717) is 23.3 Å². The zero-order valence-electron chi connectivity index (χ0n) is 67.8. The van der Waals surface area contributed by atoms with Crippen LogP contribution in [0.1, 0.15) is 0 Å². The summed E-state index contributed by atoms with van der Waals surface area (Å²) in [6, 6.07) is 145. The van der Waals surface area contributed by atoms with Gasteiger partial charge >= 0.3 is 0 Å². The molecule has 0 N–H and O–H groups in total. The fourth-order valence-corrected chi connectivity index (χ4v) is 17.2. The van der Waals surface area contributed by atoms with Crippen molar-refractivity contribution >= 4 is 87.2 Å². The lowest BCUT2D eigenvalue weighted by Gasteiger charge is -2.12. The third-order valence-corrected chi connectivity index (χ3v) is 23.6. The zero-order chi connectivity index (χ0) is 83.4. The van der Waals surface area contributed by atoms with E-state index in [1.54, 1.807) is 12.4 Å². The molecular formula is C113H71N13. The zero-order valence-corrected chi connectivity index (χ0v) is 67.8. The predicted molar refractivity (Wildman–Crippen MR) is 513 cm³/mol. The maximum Gasteiger partial charge on any atom is 0.164 e. The fraction of sp³-hybridized carbons (Fsp3) is 0. The second-order valence-electron chi connectivity index (χ2n) is 31.3. The van der Waals surface area contributed by atoms with Crippen LogP contribution >= 0.6 is 0 Å². The number of pyridine rings is 6.